The van der Waals surface area contributed by atoms with Crippen LogP contribution in [0.3, 0.4) is 0 Å². The van der Waals surface area contributed by atoms with Crippen molar-refractivity contribution in [1.82, 2.24) is 10.3 Å². The summed E-state index contributed by atoms with van der Waals surface area (Å²) in [5.74, 6) is 5.36. The van der Waals surface area contributed by atoms with Crippen LogP contribution >= 0.6 is 11.6 Å². The summed E-state index contributed by atoms with van der Waals surface area (Å²) in [6.07, 6.45) is -3.95. The van der Waals surface area contributed by atoms with E-state index in [1.165, 1.54) is 6.07 Å². The lowest BCUT2D eigenvalue weighted by atomic mass is 10.2. The van der Waals surface area contributed by atoms with E-state index < -0.39 is 11.9 Å². The highest BCUT2D eigenvalue weighted by molar-refractivity contribution is 6.29. The fourth-order valence-corrected chi connectivity index (χ4v) is 1.27. The van der Waals surface area contributed by atoms with E-state index in [4.69, 9.17) is 11.6 Å². The van der Waals surface area contributed by atoms with Gasteiger partial charge in [0, 0.05) is 18.5 Å². The normalized spacial score (nSPS) is 10.9. The summed E-state index contributed by atoms with van der Waals surface area (Å²) < 4.78 is 37.2. The van der Waals surface area contributed by atoms with E-state index >= 15 is 0 Å². The number of pyridine rings is 1. The lowest BCUT2D eigenvalue weighted by Gasteiger charge is -2.05. The first-order valence-corrected chi connectivity index (χ1v) is 5.19. The minimum atomic E-state index is -4.51. The molecule has 1 aromatic heterocycles. The van der Waals surface area contributed by atoms with Crippen LogP contribution in [0.4, 0.5) is 13.2 Å². The predicted octanol–water partition coefficient (Wildman–Crippen LogP) is 2.71. The maximum atomic E-state index is 12.4. The molecule has 2 nitrogen and oxygen atoms in total. The Bertz CT molecular complexity index is 446. The molecule has 0 saturated heterocycles. The van der Waals surface area contributed by atoms with Crippen LogP contribution in [-0.2, 0) is 6.18 Å². The van der Waals surface area contributed by atoms with Crippen LogP contribution in [0.2, 0.25) is 5.15 Å². The molecule has 0 saturated carbocycles. The van der Waals surface area contributed by atoms with Crippen molar-refractivity contribution >= 4 is 11.6 Å². The first-order chi connectivity index (χ1) is 7.93. The third-order valence-electron chi connectivity index (χ3n) is 1.82. The highest BCUT2D eigenvalue weighted by atomic mass is 35.5. The Hall–Kier alpha value is -1.25. The molecule has 0 spiro atoms. The molecule has 17 heavy (non-hydrogen) atoms. The van der Waals surface area contributed by atoms with E-state index in [1.807, 2.05) is 0 Å². The van der Waals surface area contributed by atoms with Crippen molar-refractivity contribution in [3.05, 3.63) is 28.5 Å². The number of hydrogen-bond donors (Lipinski definition) is 1. The Morgan fingerprint density at radius 2 is 2.12 bits per heavy atom. The SMILES string of the molecule is CNCCC#Cc1cc(Cl)nc(C(F)(F)F)c1. The Labute approximate surface area is 102 Å². The average Bonchev–Trinajstić information content (AvgIpc) is 2.22. The molecule has 0 aliphatic carbocycles. The van der Waals surface area contributed by atoms with E-state index in [9.17, 15) is 13.2 Å². The first kappa shape index (κ1) is 13.8. The molecule has 1 rings (SSSR count). The number of rotatable bonds is 2. The van der Waals surface area contributed by atoms with Crippen molar-refractivity contribution < 1.29 is 13.2 Å². The molecule has 0 atom stereocenters. The van der Waals surface area contributed by atoms with Crippen LogP contribution in [0, 0.1) is 11.8 Å². The fraction of sp³-hybridized carbons (Fsp3) is 0.364. The van der Waals surface area contributed by atoms with Gasteiger partial charge in [0.2, 0.25) is 0 Å². The highest BCUT2D eigenvalue weighted by Crippen LogP contribution is 2.29. The van der Waals surface area contributed by atoms with E-state index in [0.717, 1.165) is 6.07 Å². The van der Waals surface area contributed by atoms with Gasteiger partial charge in [0.1, 0.15) is 10.8 Å². The number of nitrogens with zero attached hydrogens (tertiary/aromatic N) is 1. The molecule has 0 amide bonds. The Balaban J connectivity index is 2.93. The zero-order valence-electron chi connectivity index (χ0n) is 9.03. The summed E-state index contributed by atoms with van der Waals surface area (Å²) in [7, 11) is 1.77. The second-order valence-electron chi connectivity index (χ2n) is 3.22. The third-order valence-corrected chi connectivity index (χ3v) is 2.01. The summed E-state index contributed by atoms with van der Waals surface area (Å²) in [5, 5.41) is 2.67. The zero-order valence-corrected chi connectivity index (χ0v) is 9.78. The molecule has 0 bridgehead atoms. The van der Waals surface area contributed by atoms with Crippen molar-refractivity contribution in [3.63, 3.8) is 0 Å². The molecule has 0 aliphatic rings. The van der Waals surface area contributed by atoms with Crippen LogP contribution < -0.4 is 5.32 Å². The van der Waals surface area contributed by atoms with E-state index in [2.05, 4.69) is 22.1 Å². The summed E-state index contributed by atoms with van der Waals surface area (Å²) in [6, 6.07) is 2.20. The van der Waals surface area contributed by atoms with Crippen LogP contribution in [-0.4, -0.2) is 18.6 Å². The summed E-state index contributed by atoms with van der Waals surface area (Å²) in [5.41, 5.74) is -0.809. The number of nitrogens with one attached hydrogen (secondary N) is 1. The second-order valence-corrected chi connectivity index (χ2v) is 3.60. The lowest BCUT2D eigenvalue weighted by Crippen LogP contribution is -2.08. The molecule has 0 aliphatic heterocycles. The van der Waals surface area contributed by atoms with Crippen molar-refractivity contribution in [2.75, 3.05) is 13.6 Å². The largest absolute Gasteiger partial charge is 0.433 e. The van der Waals surface area contributed by atoms with Gasteiger partial charge in [-0.25, -0.2) is 4.98 Å². The Kier molecular flexibility index (Phi) is 4.79. The molecule has 1 heterocycles. The molecule has 1 N–H and O–H groups in total. The molecule has 6 heteroatoms. The molecule has 0 fully saturated rings. The van der Waals surface area contributed by atoms with Gasteiger partial charge in [-0.2, -0.15) is 13.2 Å². The zero-order chi connectivity index (χ0) is 12.9. The fourth-order valence-electron chi connectivity index (χ4n) is 1.07. The Morgan fingerprint density at radius 3 is 2.71 bits per heavy atom. The lowest BCUT2D eigenvalue weighted by molar-refractivity contribution is -0.141. The molecule has 0 aromatic carbocycles. The molecular formula is C11H10ClF3N2. The summed E-state index contributed by atoms with van der Waals surface area (Å²) in [6.45, 7) is 0.679. The molecule has 92 valence electrons. The van der Waals surface area contributed by atoms with Gasteiger partial charge in [-0.05, 0) is 19.2 Å². The molecular weight excluding hydrogens is 253 g/mol. The van der Waals surface area contributed by atoms with E-state index in [1.54, 1.807) is 7.05 Å². The molecule has 0 unspecified atom stereocenters. The smallest absolute Gasteiger partial charge is 0.319 e. The third kappa shape index (κ3) is 4.63. The second kappa shape index (κ2) is 5.89. The quantitative estimate of drug-likeness (QED) is 0.504. The first-order valence-electron chi connectivity index (χ1n) is 4.81. The van der Waals surface area contributed by atoms with Crippen molar-refractivity contribution in [2.24, 2.45) is 0 Å². The minimum absolute atomic E-state index is 0.210. The predicted molar refractivity (Wildman–Crippen MR) is 59.7 cm³/mol. The minimum Gasteiger partial charge on any atom is -0.319 e. The van der Waals surface area contributed by atoms with Gasteiger partial charge in [0.15, 0.2) is 0 Å². The van der Waals surface area contributed by atoms with Gasteiger partial charge in [-0.3, -0.25) is 0 Å². The van der Waals surface area contributed by atoms with Crippen LogP contribution in [0.15, 0.2) is 12.1 Å². The number of aromatic nitrogens is 1. The van der Waals surface area contributed by atoms with E-state index in [-0.39, 0.29) is 10.7 Å². The topological polar surface area (TPSA) is 24.9 Å². The number of hydrogen-bond acceptors (Lipinski definition) is 2. The van der Waals surface area contributed by atoms with Gasteiger partial charge in [0.05, 0.1) is 0 Å². The summed E-state index contributed by atoms with van der Waals surface area (Å²) in [4.78, 5) is 3.21. The van der Waals surface area contributed by atoms with Crippen LogP contribution in [0.25, 0.3) is 0 Å². The standard InChI is InChI=1S/C11H10ClF3N2/c1-16-5-3-2-4-8-6-9(11(13,14)15)17-10(12)7-8/h6-7,16H,3,5H2,1H3. The maximum Gasteiger partial charge on any atom is 0.433 e. The van der Waals surface area contributed by atoms with Gasteiger partial charge in [-0.15, -0.1) is 0 Å². The van der Waals surface area contributed by atoms with Crippen LogP contribution in [0.5, 0.6) is 0 Å². The maximum absolute atomic E-state index is 12.4. The average molecular weight is 263 g/mol. The molecule has 1 aromatic rings. The van der Waals surface area contributed by atoms with Gasteiger partial charge < -0.3 is 5.32 Å². The van der Waals surface area contributed by atoms with Crippen LogP contribution in [0.1, 0.15) is 17.7 Å². The van der Waals surface area contributed by atoms with E-state index in [0.29, 0.717) is 13.0 Å². The Morgan fingerprint density at radius 1 is 1.41 bits per heavy atom. The van der Waals surface area contributed by atoms with Gasteiger partial charge in [-0.1, -0.05) is 23.4 Å². The van der Waals surface area contributed by atoms with Crippen molar-refractivity contribution in [2.45, 2.75) is 12.6 Å². The highest BCUT2D eigenvalue weighted by Gasteiger charge is 2.33. The summed E-state index contributed by atoms with van der Waals surface area (Å²) >= 11 is 5.50. The van der Waals surface area contributed by atoms with Gasteiger partial charge in [0.25, 0.3) is 0 Å². The number of alkyl halides is 3. The van der Waals surface area contributed by atoms with Crippen molar-refractivity contribution in [1.29, 1.82) is 0 Å². The van der Waals surface area contributed by atoms with Gasteiger partial charge >= 0.3 is 6.18 Å². The monoisotopic (exact) mass is 262 g/mol. The van der Waals surface area contributed by atoms with Crippen molar-refractivity contribution in [3.8, 4) is 11.8 Å². The number of halogens is 4. The molecule has 0 radical (unpaired) electrons.